The van der Waals surface area contributed by atoms with E-state index in [2.05, 4.69) is 10.3 Å². The zero-order valence-electron chi connectivity index (χ0n) is 18.0. The molecule has 3 N–H and O–H groups in total. The van der Waals surface area contributed by atoms with E-state index in [9.17, 15) is 19.4 Å². The lowest BCUT2D eigenvalue weighted by molar-refractivity contribution is -0.120. The maximum absolute atomic E-state index is 14.8. The van der Waals surface area contributed by atoms with Gasteiger partial charge in [0.2, 0.25) is 11.9 Å². The molecule has 1 aromatic heterocycles. The minimum atomic E-state index is -1.35. The van der Waals surface area contributed by atoms with Crippen molar-refractivity contribution in [2.45, 2.75) is 63.7 Å². The van der Waals surface area contributed by atoms with Crippen molar-refractivity contribution in [2.75, 3.05) is 5.32 Å². The average molecular weight is 426 g/mol. The molecule has 7 heteroatoms. The largest absolute Gasteiger partial charge is 0.386 e. The number of imidazole rings is 1. The van der Waals surface area contributed by atoms with Crippen molar-refractivity contribution >= 4 is 22.9 Å². The molecule has 0 saturated heterocycles. The zero-order valence-corrected chi connectivity index (χ0v) is 18.0. The molecule has 0 spiro atoms. The molecule has 31 heavy (non-hydrogen) atoms. The van der Waals surface area contributed by atoms with Crippen molar-refractivity contribution in [1.29, 1.82) is 0 Å². The molecule has 1 amide bonds. The number of carbonyl (C=O) groups excluding carboxylic acids is 1. The average Bonchev–Trinajstić information content (AvgIpc) is 2.98. The minimum Gasteiger partial charge on any atom is -0.386 e. The number of aromatic nitrogens is 2. The molecule has 0 aliphatic heterocycles. The van der Waals surface area contributed by atoms with Gasteiger partial charge < -0.3 is 14.8 Å². The number of carbonyl (C=O) groups is 1. The Bertz CT molecular complexity index is 1110. The van der Waals surface area contributed by atoms with Gasteiger partial charge in [-0.05, 0) is 63.3 Å². The third kappa shape index (κ3) is 4.20. The number of hydrogen-bond donors (Lipinski definition) is 3. The van der Waals surface area contributed by atoms with E-state index in [1.165, 1.54) is 6.07 Å². The molecule has 0 unspecified atom stereocenters. The van der Waals surface area contributed by atoms with Crippen molar-refractivity contribution < 1.29 is 19.4 Å². The van der Waals surface area contributed by atoms with Gasteiger partial charge in [-0.15, -0.1) is 0 Å². The van der Waals surface area contributed by atoms with Crippen LogP contribution >= 0.6 is 0 Å². The molecule has 1 atom stereocenters. The first kappa shape index (κ1) is 21.5. The van der Waals surface area contributed by atoms with Crippen LogP contribution < -0.4 is 5.32 Å². The smallest absolute Gasteiger partial charge is 0.229 e. The van der Waals surface area contributed by atoms with Gasteiger partial charge in [0.15, 0.2) is 5.82 Å². The van der Waals surface area contributed by atoms with Crippen molar-refractivity contribution in [3.05, 3.63) is 59.4 Å². The molecule has 6 nitrogen and oxygen atoms in total. The first-order valence-corrected chi connectivity index (χ1v) is 10.6. The van der Waals surface area contributed by atoms with E-state index in [4.69, 9.17) is 0 Å². The van der Waals surface area contributed by atoms with Crippen molar-refractivity contribution in [3.63, 3.8) is 0 Å². The summed E-state index contributed by atoms with van der Waals surface area (Å²) in [6, 6.07) is 12.1. The van der Waals surface area contributed by atoms with Crippen LogP contribution in [0.25, 0.3) is 11.0 Å². The molecule has 1 aliphatic carbocycles. The Labute approximate surface area is 180 Å². The summed E-state index contributed by atoms with van der Waals surface area (Å²) in [5.74, 6) is -0.687. The van der Waals surface area contributed by atoms with Gasteiger partial charge in [-0.2, -0.15) is 0 Å². The summed E-state index contributed by atoms with van der Waals surface area (Å²) >= 11 is 0. The number of anilines is 1. The maximum atomic E-state index is 14.8. The Morgan fingerprint density at radius 1 is 1.16 bits per heavy atom. The summed E-state index contributed by atoms with van der Waals surface area (Å²) in [4.78, 5) is 17.2. The van der Waals surface area contributed by atoms with Crippen LogP contribution in [0.5, 0.6) is 0 Å². The van der Waals surface area contributed by atoms with E-state index in [0.717, 1.165) is 19.3 Å². The Kier molecular flexibility index (Phi) is 5.35. The van der Waals surface area contributed by atoms with Gasteiger partial charge in [0, 0.05) is 6.04 Å². The molecule has 1 fully saturated rings. The van der Waals surface area contributed by atoms with Crippen molar-refractivity contribution in [2.24, 2.45) is 0 Å². The fraction of sp³-hybridized carbons (Fsp3) is 0.417. The third-order valence-electron chi connectivity index (χ3n) is 6.05. The van der Waals surface area contributed by atoms with E-state index in [1.807, 2.05) is 10.6 Å². The van der Waals surface area contributed by atoms with Gasteiger partial charge >= 0.3 is 0 Å². The summed E-state index contributed by atoms with van der Waals surface area (Å²) in [5, 5.41) is 24.0. The third-order valence-corrected chi connectivity index (χ3v) is 6.05. The van der Waals surface area contributed by atoms with Gasteiger partial charge in [0.1, 0.15) is 5.52 Å². The normalized spacial score (nSPS) is 16.7. The molecule has 2 aromatic carbocycles. The molecule has 0 radical (unpaired) electrons. The van der Waals surface area contributed by atoms with Crippen LogP contribution in [0.1, 0.15) is 63.6 Å². The number of fused-ring (bicyclic) bond motifs is 1. The quantitative estimate of drug-likeness (QED) is 0.547. The molecular formula is C24H28FN3O3. The minimum absolute atomic E-state index is 0.103. The molecule has 164 valence electrons. The summed E-state index contributed by atoms with van der Waals surface area (Å²) in [6.07, 6.45) is 2.70. The van der Waals surface area contributed by atoms with Crippen molar-refractivity contribution in [1.82, 2.24) is 9.55 Å². The lowest BCUT2D eigenvalue weighted by Gasteiger charge is -2.30. The highest BCUT2D eigenvalue weighted by atomic mass is 19.1. The predicted octanol–water partition coefficient (Wildman–Crippen LogP) is 4.36. The van der Waals surface area contributed by atoms with Crippen LogP contribution in [0, 0.1) is 5.82 Å². The van der Waals surface area contributed by atoms with Crippen LogP contribution in [-0.2, 0) is 16.0 Å². The number of nitrogens with zero attached hydrogens (tertiary/aromatic N) is 2. The van der Waals surface area contributed by atoms with Crippen LogP contribution in [0.15, 0.2) is 42.5 Å². The van der Waals surface area contributed by atoms with E-state index >= 15 is 0 Å². The van der Waals surface area contributed by atoms with Crippen LogP contribution in [-0.4, -0.2) is 25.7 Å². The van der Waals surface area contributed by atoms with E-state index in [0.29, 0.717) is 16.6 Å². The number of rotatable bonds is 6. The monoisotopic (exact) mass is 425 g/mol. The summed E-state index contributed by atoms with van der Waals surface area (Å²) < 4.78 is 16.7. The fourth-order valence-corrected chi connectivity index (χ4v) is 3.99. The van der Waals surface area contributed by atoms with Crippen LogP contribution in [0.2, 0.25) is 0 Å². The van der Waals surface area contributed by atoms with E-state index < -0.39 is 22.9 Å². The first-order chi connectivity index (χ1) is 14.6. The molecule has 4 rings (SSSR count). The predicted molar refractivity (Wildman–Crippen MR) is 117 cm³/mol. The highest BCUT2D eigenvalue weighted by Crippen LogP contribution is 2.39. The van der Waals surface area contributed by atoms with E-state index in [1.54, 1.807) is 51.1 Å². The molecular weight excluding hydrogens is 397 g/mol. The Hall–Kier alpha value is -2.77. The zero-order chi connectivity index (χ0) is 22.4. The van der Waals surface area contributed by atoms with E-state index in [-0.39, 0.29) is 23.9 Å². The fourth-order valence-electron chi connectivity index (χ4n) is 3.99. The Morgan fingerprint density at radius 3 is 2.42 bits per heavy atom. The van der Waals surface area contributed by atoms with Crippen LogP contribution in [0.4, 0.5) is 10.3 Å². The molecule has 1 aliphatic rings. The Morgan fingerprint density at radius 2 is 1.84 bits per heavy atom. The molecule has 1 saturated carbocycles. The second-order valence-electron chi connectivity index (χ2n) is 9.14. The molecule has 3 aromatic rings. The lowest BCUT2D eigenvalue weighted by atomic mass is 9.92. The number of halogens is 1. The van der Waals surface area contributed by atoms with Gasteiger partial charge in [-0.3, -0.25) is 10.1 Å². The first-order valence-electron chi connectivity index (χ1n) is 10.6. The number of hydrogen-bond acceptors (Lipinski definition) is 4. The topological polar surface area (TPSA) is 87.4 Å². The standard InChI is InChI=1S/C24H28FN3O3/c1-23(2,30)16-12-18(25)21-19(13-16)28(17-10-7-11-17)22(27-21)26-20(29)14-24(3,31)15-8-5-4-6-9-15/h4-6,8-9,12-13,17,30-31H,7,10-11,14H2,1-3H3,(H,26,27,29)/t24-/m0/s1. The summed E-state index contributed by atoms with van der Waals surface area (Å²) in [7, 11) is 0. The molecule has 1 heterocycles. The summed E-state index contributed by atoms with van der Waals surface area (Å²) in [5.41, 5.74) is -0.766. The lowest BCUT2D eigenvalue weighted by Crippen LogP contribution is -2.30. The maximum Gasteiger partial charge on any atom is 0.229 e. The Balaban J connectivity index is 1.68. The highest BCUT2D eigenvalue weighted by molar-refractivity contribution is 5.92. The second kappa shape index (κ2) is 7.73. The van der Waals surface area contributed by atoms with Gasteiger partial charge in [0.25, 0.3) is 0 Å². The number of amides is 1. The highest BCUT2D eigenvalue weighted by Gasteiger charge is 2.31. The summed E-state index contributed by atoms with van der Waals surface area (Å²) in [6.45, 7) is 4.80. The van der Waals surface area contributed by atoms with Crippen LogP contribution in [0.3, 0.4) is 0 Å². The number of nitrogens with one attached hydrogen (secondary N) is 1. The number of benzene rings is 2. The van der Waals surface area contributed by atoms with Gasteiger partial charge in [-0.25, -0.2) is 9.37 Å². The van der Waals surface area contributed by atoms with Gasteiger partial charge in [-0.1, -0.05) is 30.3 Å². The molecule has 0 bridgehead atoms. The number of aliphatic hydroxyl groups is 2. The van der Waals surface area contributed by atoms with Gasteiger partial charge in [0.05, 0.1) is 23.1 Å². The second-order valence-corrected chi connectivity index (χ2v) is 9.14. The van der Waals surface area contributed by atoms with Crippen molar-refractivity contribution in [3.8, 4) is 0 Å². The SMILES string of the molecule is CC(C)(O)c1cc(F)c2nc(NC(=O)C[C@](C)(O)c3ccccc3)n(C3CCC3)c2c1.